The second kappa shape index (κ2) is 4.69. The van der Waals surface area contributed by atoms with Crippen LogP contribution in [0.5, 0.6) is 0 Å². The van der Waals surface area contributed by atoms with Gasteiger partial charge in [0.05, 0.1) is 11.6 Å². The van der Waals surface area contributed by atoms with Crippen molar-refractivity contribution >= 4 is 17.3 Å². The fraction of sp³-hybridized carbons (Fsp3) is 0.182. The predicted octanol–water partition coefficient (Wildman–Crippen LogP) is 2.21. The highest BCUT2D eigenvalue weighted by Crippen LogP contribution is 2.24. The molecule has 0 aromatic carbocycles. The number of aromatic nitrogens is 2. The first-order chi connectivity index (χ1) is 7.86. The molecule has 0 saturated carbocycles. The standard InChI is InChI=1S/C11H8N4S/c12-5-3-7-16-11-9(8-13)10-4-1-2-6-15(10)14-11/h1-2,4,6H,3,7H2. The highest BCUT2D eigenvalue weighted by atomic mass is 32.2. The molecule has 0 aliphatic heterocycles. The van der Waals surface area contributed by atoms with Gasteiger partial charge in [-0.1, -0.05) is 6.07 Å². The smallest absolute Gasteiger partial charge is 0.137 e. The first-order valence-electron chi connectivity index (χ1n) is 4.74. The molecule has 0 aliphatic carbocycles. The highest BCUT2D eigenvalue weighted by Gasteiger charge is 2.11. The summed E-state index contributed by atoms with van der Waals surface area (Å²) in [6.45, 7) is 0. The maximum atomic E-state index is 9.08. The number of thioether (sulfide) groups is 1. The van der Waals surface area contributed by atoms with Crippen molar-refractivity contribution in [2.45, 2.75) is 11.4 Å². The van der Waals surface area contributed by atoms with E-state index in [1.54, 1.807) is 4.52 Å². The largest absolute Gasteiger partial charge is 0.238 e. The second-order valence-electron chi connectivity index (χ2n) is 3.08. The van der Waals surface area contributed by atoms with Gasteiger partial charge in [0.15, 0.2) is 0 Å². The van der Waals surface area contributed by atoms with E-state index >= 15 is 0 Å². The van der Waals surface area contributed by atoms with Crippen LogP contribution in [0.25, 0.3) is 5.52 Å². The third kappa shape index (κ3) is 1.86. The van der Waals surface area contributed by atoms with Crippen LogP contribution in [0.4, 0.5) is 0 Å². The molecule has 2 aromatic heterocycles. The lowest BCUT2D eigenvalue weighted by Gasteiger charge is -1.91. The molecule has 2 heterocycles. The van der Waals surface area contributed by atoms with E-state index in [1.165, 1.54) is 11.8 Å². The van der Waals surface area contributed by atoms with Crippen molar-refractivity contribution in [3.05, 3.63) is 30.0 Å². The topological polar surface area (TPSA) is 64.9 Å². The summed E-state index contributed by atoms with van der Waals surface area (Å²) in [6, 6.07) is 9.83. The lowest BCUT2D eigenvalue weighted by molar-refractivity contribution is 0.899. The number of hydrogen-bond acceptors (Lipinski definition) is 4. The summed E-state index contributed by atoms with van der Waals surface area (Å²) < 4.78 is 1.69. The summed E-state index contributed by atoms with van der Waals surface area (Å²) in [6.07, 6.45) is 2.27. The van der Waals surface area contributed by atoms with Crippen LogP contribution in [-0.4, -0.2) is 15.4 Å². The van der Waals surface area contributed by atoms with Gasteiger partial charge in [-0.2, -0.15) is 15.6 Å². The Balaban J connectivity index is 2.38. The van der Waals surface area contributed by atoms with Gasteiger partial charge in [-0.05, 0) is 12.1 Å². The second-order valence-corrected chi connectivity index (χ2v) is 4.16. The summed E-state index contributed by atoms with van der Waals surface area (Å²) in [4.78, 5) is 0. The summed E-state index contributed by atoms with van der Waals surface area (Å²) in [5.74, 6) is 0.662. The van der Waals surface area contributed by atoms with Crippen molar-refractivity contribution in [3.8, 4) is 12.1 Å². The monoisotopic (exact) mass is 228 g/mol. The van der Waals surface area contributed by atoms with Crippen LogP contribution in [0, 0.1) is 22.7 Å². The Morgan fingerprint density at radius 2 is 2.25 bits per heavy atom. The molecule has 0 radical (unpaired) electrons. The SMILES string of the molecule is N#CCCSc1nn2ccccc2c1C#N. The van der Waals surface area contributed by atoms with Gasteiger partial charge in [0.2, 0.25) is 0 Å². The van der Waals surface area contributed by atoms with Crippen molar-refractivity contribution in [1.29, 1.82) is 10.5 Å². The van der Waals surface area contributed by atoms with Gasteiger partial charge in [0, 0.05) is 18.4 Å². The minimum absolute atomic E-state index is 0.462. The predicted molar refractivity (Wildman–Crippen MR) is 60.9 cm³/mol. The molecule has 0 N–H and O–H groups in total. The Hall–Kier alpha value is -1.98. The molecule has 0 bridgehead atoms. The molecule has 0 spiro atoms. The average Bonchev–Trinajstić information content (AvgIpc) is 2.67. The van der Waals surface area contributed by atoms with E-state index in [9.17, 15) is 0 Å². The number of nitrogens with zero attached hydrogens (tertiary/aromatic N) is 4. The zero-order valence-corrected chi connectivity index (χ0v) is 9.24. The van der Waals surface area contributed by atoms with Crippen molar-refractivity contribution in [1.82, 2.24) is 9.61 Å². The van der Waals surface area contributed by atoms with Gasteiger partial charge in [-0.3, -0.25) is 0 Å². The van der Waals surface area contributed by atoms with Crippen LogP contribution < -0.4 is 0 Å². The molecule has 0 atom stereocenters. The third-order valence-corrected chi connectivity index (χ3v) is 3.04. The van der Waals surface area contributed by atoms with Crippen LogP contribution in [-0.2, 0) is 0 Å². The van der Waals surface area contributed by atoms with Crippen LogP contribution in [0.2, 0.25) is 0 Å². The van der Waals surface area contributed by atoms with Crippen molar-refractivity contribution < 1.29 is 0 Å². The molecule has 0 saturated heterocycles. The van der Waals surface area contributed by atoms with Crippen molar-refractivity contribution in [2.75, 3.05) is 5.75 Å². The highest BCUT2D eigenvalue weighted by molar-refractivity contribution is 7.99. The van der Waals surface area contributed by atoms with E-state index in [2.05, 4.69) is 17.2 Å². The molecule has 0 amide bonds. The Morgan fingerprint density at radius 1 is 1.38 bits per heavy atom. The quantitative estimate of drug-likeness (QED) is 0.596. The Bertz CT molecular complexity index is 588. The van der Waals surface area contributed by atoms with E-state index in [-0.39, 0.29) is 0 Å². The number of hydrogen-bond donors (Lipinski definition) is 0. The molecule has 78 valence electrons. The van der Waals surface area contributed by atoms with Gasteiger partial charge in [0.25, 0.3) is 0 Å². The lowest BCUT2D eigenvalue weighted by atomic mass is 10.3. The zero-order valence-electron chi connectivity index (χ0n) is 8.42. The lowest BCUT2D eigenvalue weighted by Crippen LogP contribution is -1.84. The molecular weight excluding hydrogens is 220 g/mol. The normalized spacial score (nSPS) is 9.88. The van der Waals surface area contributed by atoms with Gasteiger partial charge in [-0.15, -0.1) is 11.8 Å². The molecular formula is C11H8N4S. The summed E-state index contributed by atoms with van der Waals surface area (Å²) in [5, 5.41) is 22.5. The van der Waals surface area contributed by atoms with E-state index in [0.29, 0.717) is 22.8 Å². The van der Waals surface area contributed by atoms with E-state index in [4.69, 9.17) is 10.5 Å². The maximum absolute atomic E-state index is 9.08. The summed E-state index contributed by atoms with van der Waals surface area (Å²) in [7, 11) is 0. The summed E-state index contributed by atoms with van der Waals surface area (Å²) in [5.41, 5.74) is 1.40. The van der Waals surface area contributed by atoms with Crippen LogP contribution in [0.3, 0.4) is 0 Å². The molecule has 0 fully saturated rings. The van der Waals surface area contributed by atoms with Crippen LogP contribution in [0.15, 0.2) is 29.4 Å². The van der Waals surface area contributed by atoms with E-state index in [1.807, 2.05) is 24.4 Å². The number of nitriles is 2. The first kappa shape index (κ1) is 10.5. The van der Waals surface area contributed by atoms with Crippen LogP contribution in [0.1, 0.15) is 12.0 Å². The minimum Gasteiger partial charge on any atom is -0.238 e. The number of pyridine rings is 1. The van der Waals surface area contributed by atoms with E-state index in [0.717, 1.165) is 5.52 Å². The van der Waals surface area contributed by atoms with Gasteiger partial charge < -0.3 is 0 Å². The number of fused-ring (bicyclic) bond motifs is 1. The molecule has 4 nitrogen and oxygen atoms in total. The maximum Gasteiger partial charge on any atom is 0.137 e. The van der Waals surface area contributed by atoms with Gasteiger partial charge in [0.1, 0.15) is 16.7 Å². The summed E-state index contributed by atoms with van der Waals surface area (Å²) >= 11 is 1.44. The van der Waals surface area contributed by atoms with Crippen molar-refractivity contribution in [3.63, 3.8) is 0 Å². The molecule has 0 unspecified atom stereocenters. The Kier molecular flexibility index (Phi) is 3.09. The zero-order chi connectivity index (χ0) is 11.4. The van der Waals surface area contributed by atoms with Crippen molar-refractivity contribution in [2.24, 2.45) is 0 Å². The Labute approximate surface area is 97.1 Å². The van der Waals surface area contributed by atoms with Gasteiger partial charge in [-0.25, -0.2) is 4.52 Å². The third-order valence-electron chi connectivity index (χ3n) is 2.07. The molecule has 2 rings (SSSR count). The fourth-order valence-electron chi connectivity index (χ4n) is 1.38. The van der Waals surface area contributed by atoms with Gasteiger partial charge >= 0.3 is 0 Å². The van der Waals surface area contributed by atoms with E-state index < -0.39 is 0 Å². The fourth-order valence-corrected chi connectivity index (χ4v) is 2.20. The molecule has 0 aliphatic rings. The molecule has 5 heteroatoms. The Morgan fingerprint density at radius 3 is 3.00 bits per heavy atom. The molecule has 2 aromatic rings. The first-order valence-corrected chi connectivity index (χ1v) is 5.72. The number of rotatable bonds is 3. The minimum atomic E-state index is 0.462. The average molecular weight is 228 g/mol. The van der Waals surface area contributed by atoms with Crippen LogP contribution >= 0.6 is 11.8 Å². The molecule has 16 heavy (non-hydrogen) atoms.